The van der Waals surface area contributed by atoms with Gasteiger partial charge in [-0.1, -0.05) is 36.4 Å². The molecule has 0 aliphatic carbocycles. The smallest absolute Gasteiger partial charge is 0.330 e. The van der Waals surface area contributed by atoms with Crippen LogP contribution >= 0.6 is 0 Å². The zero-order valence-corrected chi connectivity index (χ0v) is 17.4. The molecule has 3 rings (SSSR count). The Balaban J connectivity index is 2.17. The first kappa shape index (κ1) is 22.0. The molecule has 0 aromatic heterocycles. The molecule has 2 amide bonds. The molecule has 8 heteroatoms. The summed E-state index contributed by atoms with van der Waals surface area (Å²) in [5.74, 6) is -2.51. The van der Waals surface area contributed by atoms with Gasteiger partial charge in [-0.25, -0.2) is 19.6 Å². The molecule has 1 saturated heterocycles. The Hall–Kier alpha value is -3.68. The summed E-state index contributed by atoms with van der Waals surface area (Å²) in [6.07, 6.45) is 0.880. The van der Waals surface area contributed by atoms with Crippen molar-refractivity contribution in [3.63, 3.8) is 0 Å². The average Bonchev–Trinajstić information content (AvgIpc) is 3.03. The molecular formula is C23H24N2O6. The van der Waals surface area contributed by atoms with E-state index in [-0.39, 0.29) is 24.0 Å². The van der Waals surface area contributed by atoms with Crippen LogP contribution in [0.5, 0.6) is 0 Å². The maximum Gasteiger partial charge on any atom is 0.330 e. The van der Waals surface area contributed by atoms with Crippen LogP contribution < -0.4 is 0 Å². The van der Waals surface area contributed by atoms with Crippen LogP contribution in [0.15, 0.2) is 60.7 Å². The predicted octanol–water partition coefficient (Wildman–Crippen LogP) is 2.45. The van der Waals surface area contributed by atoms with Crippen molar-refractivity contribution in [2.24, 2.45) is 0 Å². The Labute approximate surface area is 180 Å². The van der Waals surface area contributed by atoms with Crippen molar-refractivity contribution in [2.45, 2.75) is 31.3 Å². The quantitative estimate of drug-likeness (QED) is 0.700. The summed E-state index contributed by atoms with van der Waals surface area (Å²) >= 11 is 0. The minimum Gasteiger partial charge on any atom is -0.467 e. The molecule has 0 spiro atoms. The number of methoxy groups -OCH3 is 2. The Kier molecular flexibility index (Phi) is 7.02. The van der Waals surface area contributed by atoms with Crippen LogP contribution in [0, 0.1) is 0 Å². The molecule has 1 heterocycles. The Morgan fingerprint density at radius 1 is 0.677 bits per heavy atom. The number of hydrogen-bond donors (Lipinski definition) is 0. The first-order chi connectivity index (χ1) is 15.0. The highest BCUT2D eigenvalue weighted by Crippen LogP contribution is 2.28. The third kappa shape index (κ3) is 4.58. The van der Waals surface area contributed by atoms with E-state index in [1.54, 1.807) is 60.7 Å². The highest BCUT2D eigenvalue weighted by Gasteiger charge is 2.46. The summed E-state index contributed by atoms with van der Waals surface area (Å²) in [6.45, 7) is 0. The molecule has 0 saturated carbocycles. The van der Waals surface area contributed by atoms with E-state index in [9.17, 15) is 19.2 Å². The maximum atomic E-state index is 13.6. The number of hydrazine groups is 1. The van der Waals surface area contributed by atoms with E-state index in [1.807, 2.05) is 0 Å². The van der Waals surface area contributed by atoms with E-state index in [2.05, 4.69) is 0 Å². The second kappa shape index (κ2) is 9.88. The molecule has 0 radical (unpaired) electrons. The molecule has 2 atom stereocenters. The van der Waals surface area contributed by atoms with Crippen LogP contribution in [0.1, 0.15) is 40.0 Å². The fraction of sp³-hybridized carbons (Fsp3) is 0.304. The number of hydrogen-bond acceptors (Lipinski definition) is 6. The highest BCUT2D eigenvalue weighted by molar-refractivity contribution is 6.02. The van der Waals surface area contributed by atoms with Gasteiger partial charge >= 0.3 is 11.9 Å². The van der Waals surface area contributed by atoms with E-state index in [0.29, 0.717) is 6.42 Å². The van der Waals surface area contributed by atoms with Crippen molar-refractivity contribution in [3.05, 3.63) is 71.8 Å². The van der Waals surface area contributed by atoms with Crippen LogP contribution in [0.2, 0.25) is 0 Å². The van der Waals surface area contributed by atoms with Gasteiger partial charge < -0.3 is 9.47 Å². The van der Waals surface area contributed by atoms with Crippen molar-refractivity contribution in [1.82, 2.24) is 10.0 Å². The maximum absolute atomic E-state index is 13.6. The SMILES string of the molecule is COC(=O)[C@H]1CCC[C@@H](C(=O)OC)N(C(=O)c2ccccc2)N1C(=O)c1ccccc1. The molecule has 0 N–H and O–H groups in total. The molecule has 1 aliphatic heterocycles. The minimum atomic E-state index is -1.07. The Morgan fingerprint density at radius 2 is 1.03 bits per heavy atom. The summed E-state index contributed by atoms with van der Waals surface area (Å²) in [5, 5.41) is 2.12. The van der Waals surface area contributed by atoms with Gasteiger partial charge in [0.15, 0.2) is 12.1 Å². The second-order valence-electron chi connectivity index (χ2n) is 7.04. The van der Waals surface area contributed by atoms with E-state index in [0.717, 1.165) is 10.0 Å². The number of ether oxygens (including phenoxy) is 2. The number of nitrogens with zero attached hydrogens (tertiary/aromatic N) is 2. The van der Waals surface area contributed by atoms with Gasteiger partial charge in [0.05, 0.1) is 14.2 Å². The van der Waals surface area contributed by atoms with Crippen molar-refractivity contribution < 1.29 is 28.7 Å². The molecular weight excluding hydrogens is 400 g/mol. The lowest BCUT2D eigenvalue weighted by Crippen LogP contribution is -2.61. The third-order valence-electron chi connectivity index (χ3n) is 5.18. The highest BCUT2D eigenvalue weighted by atomic mass is 16.5. The molecule has 2 aromatic carbocycles. The topological polar surface area (TPSA) is 93.2 Å². The number of carbonyl (C=O) groups excluding carboxylic acids is 4. The second-order valence-corrected chi connectivity index (χ2v) is 7.04. The van der Waals surface area contributed by atoms with Crippen LogP contribution in [-0.2, 0) is 19.1 Å². The minimum absolute atomic E-state index is 0.233. The van der Waals surface area contributed by atoms with Crippen molar-refractivity contribution in [3.8, 4) is 0 Å². The monoisotopic (exact) mass is 424 g/mol. The Bertz CT molecular complexity index is 870. The number of esters is 2. The van der Waals surface area contributed by atoms with E-state index in [1.165, 1.54) is 14.2 Å². The molecule has 8 nitrogen and oxygen atoms in total. The van der Waals surface area contributed by atoms with E-state index < -0.39 is 35.8 Å². The zero-order chi connectivity index (χ0) is 22.4. The first-order valence-corrected chi connectivity index (χ1v) is 9.92. The third-order valence-corrected chi connectivity index (χ3v) is 5.18. The zero-order valence-electron chi connectivity index (χ0n) is 17.4. The lowest BCUT2D eigenvalue weighted by atomic mass is 10.1. The molecule has 1 aliphatic rings. The van der Waals surface area contributed by atoms with Gasteiger partial charge in [0, 0.05) is 11.1 Å². The summed E-state index contributed by atoms with van der Waals surface area (Å²) < 4.78 is 9.86. The Morgan fingerprint density at radius 3 is 1.35 bits per heavy atom. The summed E-state index contributed by atoms with van der Waals surface area (Å²) in [6, 6.07) is 14.4. The van der Waals surface area contributed by atoms with Gasteiger partial charge in [-0.15, -0.1) is 0 Å². The lowest BCUT2D eigenvalue weighted by molar-refractivity contribution is -0.159. The molecule has 162 valence electrons. The van der Waals surface area contributed by atoms with Crippen molar-refractivity contribution in [2.75, 3.05) is 14.2 Å². The number of benzene rings is 2. The molecule has 0 unspecified atom stereocenters. The summed E-state index contributed by atoms with van der Waals surface area (Å²) in [4.78, 5) is 52.4. The van der Waals surface area contributed by atoms with Gasteiger partial charge in [0.25, 0.3) is 11.8 Å². The fourth-order valence-electron chi connectivity index (χ4n) is 3.66. The van der Waals surface area contributed by atoms with Crippen LogP contribution in [0.3, 0.4) is 0 Å². The van der Waals surface area contributed by atoms with E-state index in [4.69, 9.17) is 9.47 Å². The first-order valence-electron chi connectivity index (χ1n) is 9.92. The molecule has 31 heavy (non-hydrogen) atoms. The molecule has 0 bridgehead atoms. The predicted molar refractivity (Wildman–Crippen MR) is 111 cm³/mol. The average molecular weight is 424 g/mol. The molecule has 2 aromatic rings. The van der Waals surface area contributed by atoms with Crippen molar-refractivity contribution >= 4 is 23.8 Å². The summed E-state index contributed by atoms with van der Waals surface area (Å²) in [7, 11) is 2.44. The lowest BCUT2D eigenvalue weighted by Gasteiger charge is -2.40. The van der Waals surface area contributed by atoms with Gasteiger partial charge in [-0.05, 0) is 43.5 Å². The molecule has 1 fully saturated rings. The van der Waals surface area contributed by atoms with Gasteiger partial charge in [-0.2, -0.15) is 0 Å². The number of carbonyl (C=O) groups is 4. The fourth-order valence-corrected chi connectivity index (χ4v) is 3.66. The standard InChI is InChI=1S/C23H24N2O6/c1-30-22(28)18-14-9-15-19(23(29)31-2)25(21(27)17-12-7-4-8-13-17)24(18)20(26)16-10-5-3-6-11-16/h3-8,10-13,18-19H,9,14-15H2,1-2H3/t18-,19+. The van der Waals surface area contributed by atoms with Crippen LogP contribution in [0.4, 0.5) is 0 Å². The van der Waals surface area contributed by atoms with Crippen LogP contribution in [0.25, 0.3) is 0 Å². The van der Waals surface area contributed by atoms with Crippen LogP contribution in [-0.4, -0.2) is 60.1 Å². The van der Waals surface area contributed by atoms with Gasteiger partial charge in [-0.3, -0.25) is 9.59 Å². The van der Waals surface area contributed by atoms with Gasteiger partial charge in [0.2, 0.25) is 0 Å². The number of amides is 2. The van der Waals surface area contributed by atoms with E-state index >= 15 is 0 Å². The number of rotatable bonds is 4. The normalized spacial score (nSPS) is 18.6. The van der Waals surface area contributed by atoms with Gasteiger partial charge in [0.1, 0.15) is 0 Å². The summed E-state index contributed by atoms with van der Waals surface area (Å²) in [5.41, 5.74) is 0.542. The largest absolute Gasteiger partial charge is 0.467 e. The van der Waals surface area contributed by atoms with Crippen molar-refractivity contribution in [1.29, 1.82) is 0 Å².